The van der Waals surface area contributed by atoms with Crippen molar-refractivity contribution >= 4 is 28.8 Å². The van der Waals surface area contributed by atoms with Crippen molar-refractivity contribution in [1.82, 2.24) is 9.88 Å². The Kier molecular flexibility index (Phi) is 6.25. The highest BCUT2D eigenvalue weighted by atomic mass is 35.5. The van der Waals surface area contributed by atoms with Crippen molar-refractivity contribution in [2.45, 2.75) is 6.54 Å². The number of carbonyl (C=O) groups is 1. The van der Waals surface area contributed by atoms with E-state index >= 15 is 0 Å². The molecule has 0 amide bonds. The zero-order chi connectivity index (χ0) is 21.8. The molecule has 0 aliphatic carbocycles. The van der Waals surface area contributed by atoms with E-state index in [1.54, 1.807) is 42.6 Å². The van der Waals surface area contributed by atoms with Crippen LogP contribution in [0.4, 0.5) is 11.4 Å². The number of rotatable bonds is 6. The van der Waals surface area contributed by atoms with Crippen molar-refractivity contribution in [2.24, 2.45) is 0 Å². The summed E-state index contributed by atoms with van der Waals surface area (Å²) in [5.41, 5.74) is 2.25. The van der Waals surface area contributed by atoms with E-state index in [0.717, 1.165) is 18.8 Å². The van der Waals surface area contributed by atoms with Gasteiger partial charge in [0.1, 0.15) is 5.69 Å². The van der Waals surface area contributed by atoms with Crippen LogP contribution in [-0.2, 0) is 6.54 Å². The highest BCUT2D eigenvalue weighted by Crippen LogP contribution is 2.31. The first-order chi connectivity index (χ1) is 15.0. The van der Waals surface area contributed by atoms with Gasteiger partial charge in [0.05, 0.1) is 15.6 Å². The van der Waals surface area contributed by atoms with E-state index < -0.39 is 4.92 Å². The second-order valence-electron chi connectivity index (χ2n) is 7.39. The minimum Gasteiger partial charge on any atom is -0.363 e. The first-order valence-corrected chi connectivity index (χ1v) is 10.3. The largest absolute Gasteiger partial charge is 0.363 e. The molecule has 31 heavy (non-hydrogen) atoms. The van der Waals surface area contributed by atoms with Crippen LogP contribution in [0.15, 0.2) is 66.9 Å². The van der Waals surface area contributed by atoms with Crippen LogP contribution in [0.2, 0.25) is 5.02 Å². The number of nitro benzene ring substituents is 1. The summed E-state index contributed by atoms with van der Waals surface area (Å²) < 4.78 is 0. The van der Waals surface area contributed by atoms with Crippen LogP contribution >= 0.6 is 11.6 Å². The summed E-state index contributed by atoms with van der Waals surface area (Å²) in [7, 11) is 0. The maximum Gasteiger partial charge on any atom is 0.293 e. The zero-order valence-electron chi connectivity index (χ0n) is 16.8. The third-order valence-corrected chi connectivity index (χ3v) is 5.58. The van der Waals surface area contributed by atoms with Crippen molar-refractivity contribution in [1.29, 1.82) is 0 Å². The number of ketones is 1. The van der Waals surface area contributed by atoms with Crippen molar-refractivity contribution < 1.29 is 9.72 Å². The van der Waals surface area contributed by atoms with Crippen molar-refractivity contribution in [2.75, 3.05) is 31.1 Å². The molecule has 7 nitrogen and oxygen atoms in total. The number of hydrogen-bond acceptors (Lipinski definition) is 6. The quantitative estimate of drug-likeness (QED) is 0.327. The van der Waals surface area contributed by atoms with Gasteiger partial charge in [-0.05, 0) is 24.3 Å². The first-order valence-electron chi connectivity index (χ1n) is 9.97. The molecule has 0 N–H and O–H groups in total. The van der Waals surface area contributed by atoms with E-state index in [9.17, 15) is 14.9 Å². The molecule has 8 heteroatoms. The Morgan fingerprint density at radius 1 is 1.00 bits per heavy atom. The molecule has 4 rings (SSSR count). The van der Waals surface area contributed by atoms with E-state index in [4.69, 9.17) is 11.6 Å². The van der Waals surface area contributed by atoms with Crippen LogP contribution in [0, 0.1) is 10.1 Å². The first kappa shape index (κ1) is 21.0. The smallest absolute Gasteiger partial charge is 0.293 e. The molecule has 0 saturated carbocycles. The average molecular weight is 437 g/mol. The van der Waals surface area contributed by atoms with Crippen molar-refractivity contribution in [3.63, 3.8) is 0 Å². The number of carbonyl (C=O) groups excluding carboxylic acids is 1. The van der Waals surface area contributed by atoms with Crippen LogP contribution in [0.3, 0.4) is 0 Å². The van der Waals surface area contributed by atoms with Gasteiger partial charge in [-0.2, -0.15) is 0 Å². The molecule has 1 aliphatic heterocycles. The summed E-state index contributed by atoms with van der Waals surface area (Å²) in [6.45, 7) is 3.52. The van der Waals surface area contributed by atoms with Gasteiger partial charge in [-0.15, -0.1) is 0 Å². The molecule has 0 spiro atoms. The van der Waals surface area contributed by atoms with E-state index in [2.05, 4.69) is 9.88 Å². The Hall–Kier alpha value is -3.29. The predicted octanol–water partition coefficient (Wildman–Crippen LogP) is 4.20. The summed E-state index contributed by atoms with van der Waals surface area (Å²) in [4.78, 5) is 32.6. The molecule has 0 atom stereocenters. The molecule has 1 aromatic heterocycles. The maximum atomic E-state index is 12.7. The maximum absolute atomic E-state index is 12.7. The summed E-state index contributed by atoms with van der Waals surface area (Å²) in [5.74, 6) is -0.226. The molecular weight excluding hydrogens is 416 g/mol. The second kappa shape index (κ2) is 9.24. The number of anilines is 1. The topological polar surface area (TPSA) is 79.6 Å². The Bertz CT molecular complexity index is 1080. The Balaban J connectivity index is 1.47. The summed E-state index contributed by atoms with van der Waals surface area (Å²) >= 11 is 5.89. The monoisotopic (exact) mass is 436 g/mol. The molecule has 0 bridgehead atoms. The van der Waals surface area contributed by atoms with Gasteiger partial charge in [-0.3, -0.25) is 24.8 Å². The molecule has 3 aromatic rings. The fourth-order valence-corrected chi connectivity index (χ4v) is 3.82. The summed E-state index contributed by atoms with van der Waals surface area (Å²) in [6, 6.07) is 17.2. The van der Waals surface area contributed by atoms with Gasteiger partial charge in [0.25, 0.3) is 5.69 Å². The lowest BCUT2D eigenvalue weighted by Crippen LogP contribution is -2.46. The number of pyridine rings is 1. The lowest BCUT2D eigenvalue weighted by molar-refractivity contribution is -0.384. The molecule has 0 radical (unpaired) electrons. The molecule has 0 unspecified atom stereocenters. The molecule has 1 fully saturated rings. The third kappa shape index (κ3) is 4.90. The fraction of sp³-hybridized carbons (Fsp3) is 0.217. The molecule has 158 valence electrons. The SMILES string of the molecule is O=C(c1ccccc1)c1ccc(N2CCN(Cc3ccc(Cl)cn3)CC2)c([N+](=O)[O-])c1. The summed E-state index contributed by atoms with van der Waals surface area (Å²) in [5, 5.41) is 12.4. The van der Waals surface area contributed by atoms with E-state index in [1.165, 1.54) is 6.07 Å². The van der Waals surface area contributed by atoms with Gasteiger partial charge >= 0.3 is 0 Å². The van der Waals surface area contributed by atoms with Gasteiger partial charge in [-0.25, -0.2) is 0 Å². The van der Waals surface area contributed by atoms with Crippen LogP contribution in [0.1, 0.15) is 21.6 Å². The standard InChI is InChI=1S/C23H21ClN4O3/c24-19-7-8-20(25-15-19)16-26-10-12-27(13-11-26)21-9-6-18(14-22(21)28(30)31)23(29)17-4-2-1-3-5-17/h1-9,14-15H,10-13,16H2. The molecular formula is C23H21ClN4O3. The van der Waals surface area contributed by atoms with Crippen LogP contribution < -0.4 is 4.90 Å². The number of benzene rings is 2. The van der Waals surface area contributed by atoms with E-state index in [1.807, 2.05) is 23.1 Å². The highest BCUT2D eigenvalue weighted by Gasteiger charge is 2.25. The Morgan fingerprint density at radius 3 is 2.39 bits per heavy atom. The number of nitrogens with zero attached hydrogens (tertiary/aromatic N) is 4. The number of piperazine rings is 1. The van der Waals surface area contributed by atoms with Gasteiger partial charge in [-0.1, -0.05) is 41.9 Å². The van der Waals surface area contributed by atoms with E-state index in [-0.39, 0.29) is 11.5 Å². The van der Waals surface area contributed by atoms with E-state index in [0.29, 0.717) is 41.5 Å². The van der Waals surface area contributed by atoms with Crippen molar-refractivity contribution in [3.8, 4) is 0 Å². The Morgan fingerprint density at radius 2 is 1.74 bits per heavy atom. The minimum absolute atomic E-state index is 0.0467. The molecule has 1 saturated heterocycles. The van der Waals surface area contributed by atoms with Gasteiger partial charge in [0.15, 0.2) is 5.78 Å². The summed E-state index contributed by atoms with van der Waals surface area (Å²) in [6.07, 6.45) is 1.63. The number of nitro groups is 1. The molecule has 2 aromatic carbocycles. The highest BCUT2D eigenvalue weighted by molar-refractivity contribution is 6.30. The minimum atomic E-state index is -0.416. The lowest BCUT2D eigenvalue weighted by Gasteiger charge is -2.35. The van der Waals surface area contributed by atoms with Crippen LogP contribution in [0.25, 0.3) is 0 Å². The lowest BCUT2D eigenvalue weighted by atomic mass is 10.0. The number of halogens is 1. The predicted molar refractivity (Wildman–Crippen MR) is 120 cm³/mol. The van der Waals surface area contributed by atoms with Crippen LogP contribution in [-0.4, -0.2) is 46.8 Å². The van der Waals surface area contributed by atoms with Gasteiger partial charge < -0.3 is 4.90 Å². The number of hydrogen-bond donors (Lipinski definition) is 0. The van der Waals surface area contributed by atoms with Crippen LogP contribution in [0.5, 0.6) is 0 Å². The Labute approximate surface area is 185 Å². The zero-order valence-corrected chi connectivity index (χ0v) is 17.5. The normalized spacial score (nSPS) is 14.4. The van der Waals surface area contributed by atoms with Gasteiger partial charge in [0.2, 0.25) is 0 Å². The molecule has 1 aliphatic rings. The third-order valence-electron chi connectivity index (χ3n) is 5.36. The second-order valence-corrected chi connectivity index (χ2v) is 7.82. The average Bonchev–Trinajstić information content (AvgIpc) is 2.81. The van der Waals surface area contributed by atoms with Crippen molar-refractivity contribution in [3.05, 3.63) is 98.8 Å². The van der Waals surface area contributed by atoms with Gasteiger partial charge in [0, 0.05) is 56.1 Å². The number of aromatic nitrogens is 1. The molecule has 2 heterocycles. The fourth-order valence-electron chi connectivity index (χ4n) is 3.71.